The smallest absolute Gasteiger partial charge is 0.413 e. The van der Waals surface area contributed by atoms with E-state index in [2.05, 4.69) is 20.5 Å². The highest BCUT2D eigenvalue weighted by molar-refractivity contribution is 5.90. The summed E-state index contributed by atoms with van der Waals surface area (Å²) >= 11 is 0. The number of benzene rings is 1. The normalized spacial score (nSPS) is 20.6. The summed E-state index contributed by atoms with van der Waals surface area (Å²) < 4.78 is 46.2. The number of piperidine rings is 1. The average molecular weight is 557 g/mol. The van der Waals surface area contributed by atoms with Crippen LogP contribution in [0.4, 0.5) is 23.8 Å². The zero-order valence-electron chi connectivity index (χ0n) is 21.7. The van der Waals surface area contributed by atoms with Gasteiger partial charge in [-0.2, -0.15) is 18.3 Å². The van der Waals surface area contributed by atoms with E-state index in [0.29, 0.717) is 35.1 Å². The third kappa shape index (κ3) is 4.62. The summed E-state index contributed by atoms with van der Waals surface area (Å²) in [5.74, 6) is -1.54. The molecule has 3 aliphatic heterocycles. The molecule has 5 heterocycles. The zero-order valence-corrected chi connectivity index (χ0v) is 21.7. The van der Waals surface area contributed by atoms with Gasteiger partial charge in [0.25, 0.3) is 0 Å². The van der Waals surface area contributed by atoms with Gasteiger partial charge in [0.15, 0.2) is 0 Å². The molecular formula is C27H27F3N6O4. The maximum absolute atomic E-state index is 13.5. The van der Waals surface area contributed by atoms with E-state index in [1.807, 2.05) is 19.1 Å². The minimum absolute atomic E-state index is 0.149. The lowest BCUT2D eigenvalue weighted by Crippen LogP contribution is -2.50. The van der Waals surface area contributed by atoms with Crippen molar-refractivity contribution in [2.75, 3.05) is 25.0 Å². The number of amides is 3. The number of aromatic amines is 1. The number of anilines is 1. The van der Waals surface area contributed by atoms with E-state index >= 15 is 0 Å². The molecule has 0 unspecified atom stereocenters. The summed E-state index contributed by atoms with van der Waals surface area (Å²) in [6.07, 6.45) is -1.46. The van der Waals surface area contributed by atoms with Crippen LogP contribution in [0.5, 0.6) is 0 Å². The lowest BCUT2D eigenvalue weighted by molar-refractivity contribution is -0.165. The number of hydrogen-bond donors (Lipinski definition) is 2. The van der Waals surface area contributed by atoms with Crippen LogP contribution < -0.4 is 5.32 Å². The molecule has 3 amide bonds. The number of aryl methyl sites for hydroxylation is 1. The molecular weight excluding hydrogens is 529 g/mol. The molecule has 13 heteroatoms. The van der Waals surface area contributed by atoms with Gasteiger partial charge in [0.1, 0.15) is 18.0 Å². The Balaban J connectivity index is 1.23. The van der Waals surface area contributed by atoms with Gasteiger partial charge in [0.2, 0.25) is 11.8 Å². The number of pyridine rings is 1. The average Bonchev–Trinajstić information content (AvgIpc) is 3.36. The van der Waals surface area contributed by atoms with Gasteiger partial charge in [0.05, 0.1) is 17.6 Å². The molecule has 0 saturated carbocycles. The van der Waals surface area contributed by atoms with Gasteiger partial charge in [-0.15, -0.1) is 0 Å². The highest BCUT2D eigenvalue weighted by Gasteiger charge is 2.46. The molecule has 3 aromatic rings. The van der Waals surface area contributed by atoms with Gasteiger partial charge in [-0.25, -0.2) is 9.78 Å². The molecule has 1 atom stereocenters. The van der Waals surface area contributed by atoms with Gasteiger partial charge in [-0.3, -0.25) is 20.0 Å². The molecule has 0 bridgehead atoms. The molecule has 0 aliphatic carbocycles. The molecule has 10 nitrogen and oxygen atoms in total. The fourth-order valence-electron chi connectivity index (χ4n) is 6.22. The Morgan fingerprint density at radius 1 is 1.25 bits per heavy atom. The fraction of sp³-hybridized carbons (Fsp3) is 0.444. The Morgan fingerprint density at radius 2 is 2.02 bits per heavy atom. The quantitative estimate of drug-likeness (QED) is 0.507. The van der Waals surface area contributed by atoms with Crippen LogP contribution in [0, 0.1) is 12.8 Å². The Hall–Kier alpha value is -4.16. The van der Waals surface area contributed by atoms with Crippen molar-refractivity contribution >= 4 is 34.6 Å². The van der Waals surface area contributed by atoms with E-state index in [-0.39, 0.29) is 38.4 Å². The summed E-state index contributed by atoms with van der Waals surface area (Å²) in [4.78, 5) is 45.7. The number of aromatic nitrogens is 3. The van der Waals surface area contributed by atoms with Gasteiger partial charge in [-0.1, -0.05) is 6.07 Å². The van der Waals surface area contributed by atoms with E-state index in [0.717, 1.165) is 21.6 Å². The second-order valence-corrected chi connectivity index (χ2v) is 10.7. The second kappa shape index (κ2) is 9.49. The number of alkyl halides is 3. The van der Waals surface area contributed by atoms with Gasteiger partial charge in [-0.05, 0) is 42.2 Å². The summed E-state index contributed by atoms with van der Waals surface area (Å²) in [5, 5.41) is 10.2. The van der Waals surface area contributed by atoms with Crippen LogP contribution in [0.15, 0.2) is 30.6 Å². The summed E-state index contributed by atoms with van der Waals surface area (Å²) in [7, 11) is 0. The van der Waals surface area contributed by atoms with E-state index in [9.17, 15) is 27.6 Å². The number of carbonyl (C=O) groups is 3. The highest BCUT2D eigenvalue weighted by Crippen LogP contribution is 2.43. The number of carbonyl (C=O) groups excluding carboxylic acids is 3. The van der Waals surface area contributed by atoms with E-state index in [1.165, 1.54) is 0 Å². The fourth-order valence-corrected chi connectivity index (χ4v) is 6.22. The molecule has 210 valence electrons. The van der Waals surface area contributed by atoms with Crippen molar-refractivity contribution in [3.8, 4) is 0 Å². The number of likely N-dealkylation sites (tertiary alicyclic amines) is 1. The Morgan fingerprint density at radius 3 is 2.77 bits per heavy atom. The van der Waals surface area contributed by atoms with Crippen molar-refractivity contribution in [2.24, 2.45) is 5.92 Å². The van der Waals surface area contributed by atoms with E-state index in [1.54, 1.807) is 23.4 Å². The molecule has 1 saturated heterocycles. The monoisotopic (exact) mass is 556 g/mol. The first-order valence-corrected chi connectivity index (χ1v) is 13.1. The first-order valence-electron chi connectivity index (χ1n) is 13.1. The standard InChI is InChI=1S/C27H27F3N6O4/c1-15-9-16-10-17(24(38)36(14-27(28,29)30)13-19(16)18-12-32-34-22(15)18)11-21(37)35-7-4-26(5-8-35)20-3-2-6-31-23(20)33-25(39)40-26/h2-3,6,9,12,17H,4-5,7-8,10-11,13-14H2,1H3,(H,32,34)(H,31,33,39)/t17-/m1/s1. The van der Waals surface area contributed by atoms with Gasteiger partial charge < -0.3 is 14.5 Å². The Labute approximate surface area is 226 Å². The van der Waals surface area contributed by atoms with Crippen molar-refractivity contribution in [3.63, 3.8) is 0 Å². The molecule has 40 heavy (non-hydrogen) atoms. The summed E-state index contributed by atoms with van der Waals surface area (Å²) in [6, 6.07) is 5.44. The Kier molecular flexibility index (Phi) is 6.19. The minimum atomic E-state index is -4.59. The zero-order chi connectivity index (χ0) is 28.2. The predicted molar refractivity (Wildman–Crippen MR) is 136 cm³/mol. The predicted octanol–water partition coefficient (Wildman–Crippen LogP) is 3.80. The molecule has 1 aromatic carbocycles. The first-order chi connectivity index (χ1) is 19.0. The molecule has 6 rings (SSSR count). The Bertz CT molecular complexity index is 1510. The lowest BCUT2D eigenvalue weighted by Gasteiger charge is -2.43. The van der Waals surface area contributed by atoms with Crippen molar-refractivity contribution in [2.45, 2.75) is 50.9 Å². The number of nitrogens with zero attached hydrogens (tertiary/aromatic N) is 4. The second-order valence-electron chi connectivity index (χ2n) is 10.7. The number of fused-ring (bicyclic) bond motifs is 5. The third-order valence-corrected chi connectivity index (χ3v) is 8.14. The van der Waals surface area contributed by atoms with Crippen LogP contribution in [0.1, 0.15) is 41.5 Å². The maximum atomic E-state index is 13.5. The third-order valence-electron chi connectivity index (χ3n) is 8.14. The maximum Gasteiger partial charge on any atom is 0.413 e. The molecule has 1 fully saturated rings. The summed E-state index contributed by atoms with van der Waals surface area (Å²) in [5.41, 5.74) is 2.75. The van der Waals surface area contributed by atoms with Crippen LogP contribution in [0.3, 0.4) is 0 Å². The lowest BCUT2D eigenvalue weighted by atomic mass is 9.83. The molecule has 1 spiro atoms. The number of H-pyrrole nitrogens is 1. The van der Waals surface area contributed by atoms with Gasteiger partial charge in [0, 0.05) is 56.0 Å². The van der Waals surface area contributed by atoms with E-state index in [4.69, 9.17) is 4.74 Å². The van der Waals surface area contributed by atoms with Crippen LogP contribution in [0.2, 0.25) is 0 Å². The van der Waals surface area contributed by atoms with Crippen molar-refractivity contribution in [1.29, 1.82) is 0 Å². The molecule has 2 aromatic heterocycles. The van der Waals surface area contributed by atoms with E-state index < -0.39 is 36.2 Å². The molecule has 2 N–H and O–H groups in total. The van der Waals surface area contributed by atoms with Crippen molar-refractivity contribution in [1.82, 2.24) is 25.0 Å². The first kappa shape index (κ1) is 26.1. The number of nitrogens with one attached hydrogen (secondary N) is 2. The topological polar surface area (TPSA) is 121 Å². The number of rotatable bonds is 3. The number of hydrogen-bond acceptors (Lipinski definition) is 6. The van der Waals surface area contributed by atoms with Crippen molar-refractivity contribution in [3.05, 3.63) is 52.8 Å². The van der Waals surface area contributed by atoms with Crippen LogP contribution in [-0.2, 0) is 32.9 Å². The molecule has 0 radical (unpaired) electrons. The van der Waals surface area contributed by atoms with Gasteiger partial charge >= 0.3 is 12.3 Å². The minimum Gasteiger partial charge on any atom is -0.437 e. The number of halogens is 3. The van der Waals surface area contributed by atoms with Crippen LogP contribution in [0.25, 0.3) is 10.9 Å². The van der Waals surface area contributed by atoms with Crippen LogP contribution in [-0.4, -0.2) is 68.7 Å². The number of ether oxygens (including phenoxy) is 1. The molecule has 3 aliphatic rings. The SMILES string of the molecule is Cc1cc2c(c3cn[nH]c13)CN(CC(F)(F)F)C(=O)[C@@H](CC(=O)N1CCC3(CC1)OC(=O)Nc1ncccc13)C2. The largest absolute Gasteiger partial charge is 0.437 e. The highest BCUT2D eigenvalue weighted by atomic mass is 19.4. The summed E-state index contributed by atoms with van der Waals surface area (Å²) in [6.45, 7) is 0.778. The van der Waals surface area contributed by atoms with Crippen LogP contribution >= 0.6 is 0 Å². The van der Waals surface area contributed by atoms with Crippen molar-refractivity contribution < 1.29 is 32.3 Å².